The van der Waals surface area contributed by atoms with Crippen LogP contribution in [0.25, 0.3) is 0 Å². The van der Waals surface area contributed by atoms with Crippen LogP contribution in [0.5, 0.6) is 0 Å². The molecule has 2 unspecified atom stereocenters. The van der Waals surface area contributed by atoms with Gasteiger partial charge in [-0.15, -0.1) is 0 Å². The Kier molecular flexibility index (Phi) is 3.26. The maximum atomic E-state index is 11.3. The van der Waals surface area contributed by atoms with Crippen LogP contribution in [0, 0.1) is 5.41 Å². The SMILES string of the molecule is COC1CC(Nc2ncccc2C(N)=O)C1(C)C. The molecule has 1 aliphatic carbocycles. The maximum absolute atomic E-state index is 11.3. The number of methoxy groups -OCH3 is 1. The molecule has 0 spiro atoms. The van der Waals surface area contributed by atoms with Crippen LogP contribution < -0.4 is 11.1 Å². The summed E-state index contributed by atoms with van der Waals surface area (Å²) in [7, 11) is 1.72. The van der Waals surface area contributed by atoms with E-state index in [1.54, 1.807) is 25.4 Å². The number of ether oxygens (including phenoxy) is 1. The van der Waals surface area contributed by atoms with Gasteiger partial charge >= 0.3 is 0 Å². The van der Waals surface area contributed by atoms with Crippen LogP contribution in [0.1, 0.15) is 30.6 Å². The van der Waals surface area contributed by atoms with Crippen LogP contribution in [-0.4, -0.2) is 30.1 Å². The molecule has 0 radical (unpaired) electrons. The fourth-order valence-corrected chi connectivity index (χ4v) is 2.41. The first-order valence-electron chi connectivity index (χ1n) is 6.01. The number of amides is 1. The van der Waals surface area contributed by atoms with E-state index in [1.165, 1.54) is 0 Å². The topological polar surface area (TPSA) is 77.2 Å². The van der Waals surface area contributed by atoms with Crippen LogP contribution in [0.3, 0.4) is 0 Å². The van der Waals surface area contributed by atoms with Gasteiger partial charge in [0.05, 0.1) is 11.7 Å². The van der Waals surface area contributed by atoms with Crippen LogP contribution in [0.15, 0.2) is 18.3 Å². The van der Waals surface area contributed by atoms with E-state index in [0.29, 0.717) is 11.4 Å². The standard InChI is InChI=1S/C13H19N3O2/c1-13(2)9(7-10(13)18-3)16-12-8(11(14)17)5-4-6-15-12/h4-6,9-10H,7H2,1-3H3,(H2,14,17)(H,15,16). The van der Waals surface area contributed by atoms with E-state index in [1.807, 2.05) is 0 Å². The van der Waals surface area contributed by atoms with Crippen molar-refractivity contribution in [2.24, 2.45) is 11.1 Å². The molecule has 5 heteroatoms. The molecule has 1 amide bonds. The van der Waals surface area contributed by atoms with E-state index in [4.69, 9.17) is 10.5 Å². The van der Waals surface area contributed by atoms with Gasteiger partial charge in [-0.1, -0.05) is 13.8 Å². The summed E-state index contributed by atoms with van der Waals surface area (Å²) in [5.74, 6) is 0.0867. The third-order valence-corrected chi connectivity index (χ3v) is 3.85. The largest absolute Gasteiger partial charge is 0.381 e. The fraction of sp³-hybridized carbons (Fsp3) is 0.538. The predicted molar refractivity (Wildman–Crippen MR) is 69.4 cm³/mol. The fourth-order valence-electron chi connectivity index (χ4n) is 2.41. The molecule has 0 saturated heterocycles. The molecule has 1 aromatic rings. The van der Waals surface area contributed by atoms with Gasteiger partial charge in [-0.05, 0) is 18.6 Å². The summed E-state index contributed by atoms with van der Waals surface area (Å²) in [5, 5.41) is 3.29. The number of anilines is 1. The Balaban J connectivity index is 2.14. The highest BCUT2D eigenvalue weighted by atomic mass is 16.5. The maximum Gasteiger partial charge on any atom is 0.252 e. The Bertz CT molecular complexity index is 459. The van der Waals surface area contributed by atoms with Gasteiger partial charge in [0.15, 0.2) is 0 Å². The Morgan fingerprint density at radius 2 is 2.33 bits per heavy atom. The van der Waals surface area contributed by atoms with Gasteiger partial charge in [-0.3, -0.25) is 4.79 Å². The number of nitrogens with one attached hydrogen (secondary N) is 1. The van der Waals surface area contributed by atoms with Crippen molar-refractivity contribution in [3.05, 3.63) is 23.9 Å². The van der Waals surface area contributed by atoms with Crippen LogP contribution in [-0.2, 0) is 4.74 Å². The van der Waals surface area contributed by atoms with Gasteiger partial charge in [-0.25, -0.2) is 4.98 Å². The Hall–Kier alpha value is -1.62. The summed E-state index contributed by atoms with van der Waals surface area (Å²) in [5.41, 5.74) is 5.77. The lowest BCUT2D eigenvalue weighted by Gasteiger charge is -2.51. The highest BCUT2D eigenvalue weighted by molar-refractivity contribution is 5.97. The number of carbonyl (C=O) groups excluding carboxylic acids is 1. The number of aromatic nitrogens is 1. The van der Waals surface area contributed by atoms with E-state index in [0.717, 1.165) is 6.42 Å². The third kappa shape index (κ3) is 2.06. The minimum absolute atomic E-state index is 0.0151. The second kappa shape index (κ2) is 4.57. The van der Waals surface area contributed by atoms with Crippen molar-refractivity contribution >= 4 is 11.7 Å². The van der Waals surface area contributed by atoms with Crippen molar-refractivity contribution in [1.82, 2.24) is 4.98 Å². The van der Waals surface area contributed by atoms with Gasteiger partial charge in [0.2, 0.25) is 0 Å². The normalized spacial score (nSPS) is 25.3. The first-order chi connectivity index (χ1) is 8.46. The third-order valence-electron chi connectivity index (χ3n) is 3.85. The highest BCUT2D eigenvalue weighted by Gasteiger charge is 2.48. The lowest BCUT2D eigenvalue weighted by Crippen LogP contribution is -2.57. The van der Waals surface area contributed by atoms with Crippen molar-refractivity contribution in [3.8, 4) is 0 Å². The molecule has 98 valence electrons. The van der Waals surface area contributed by atoms with Gasteiger partial charge < -0.3 is 15.8 Å². The molecule has 2 atom stereocenters. The molecular formula is C13H19N3O2. The smallest absolute Gasteiger partial charge is 0.252 e. The molecule has 1 aromatic heterocycles. The molecule has 1 fully saturated rings. The minimum atomic E-state index is -0.467. The molecule has 0 bridgehead atoms. The Morgan fingerprint density at radius 3 is 2.89 bits per heavy atom. The molecule has 0 aromatic carbocycles. The Labute approximate surface area is 107 Å². The van der Waals surface area contributed by atoms with E-state index >= 15 is 0 Å². The summed E-state index contributed by atoms with van der Waals surface area (Å²) < 4.78 is 5.40. The van der Waals surface area contributed by atoms with Crippen LogP contribution in [0.4, 0.5) is 5.82 Å². The quantitative estimate of drug-likeness (QED) is 0.845. The zero-order valence-corrected chi connectivity index (χ0v) is 10.9. The monoisotopic (exact) mass is 249 g/mol. The molecule has 1 aliphatic rings. The zero-order valence-electron chi connectivity index (χ0n) is 10.9. The number of nitrogens with two attached hydrogens (primary N) is 1. The van der Waals surface area contributed by atoms with Gasteiger partial charge in [0.1, 0.15) is 5.82 Å². The molecule has 1 heterocycles. The molecule has 3 N–H and O–H groups in total. The minimum Gasteiger partial charge on any atom is -0.381 e. The Morgan fingerprint density at radius 1 is 1.61 bits per heavy atom. The highest BCUT2D eigenvalue weighted by Crippen LogP contribution is 2.44. The molecule has 18 heavy (non-hydrogen) atoms. The number of hydrogen-bond acceptors (Lipinski definition) is 4. The number of pyridine rings is 1. The lowest BCUT2D eigenvalue weighted by molar-refractivity contribution is -0.0795. The molecule has 1 saturated carbocycles. The zero-order chi connectivity index (χ0) is 13.3. The number of rotatable bonds is 4. The van der Waals surface area contributed by atoms with Crippen molar-refractivity contribution < 1.29 is 9.53 Å². The summed E-state index contributed by atoms with van der Waals surface area (Å²) in [6, 6.07) is 3.61. The van der Waals surface area contributed by atoms with Crippen LogP contribution >= 0.6 is 0 Å². The predicted octanol–water partition coefficient (Wildman–Crippen LogP) is 1.41. The number of carbonyl (C=O) groups is 1. The second-order valence-corrected chi connectivity index (χ2v) is 5.24. The van der Waals surface area contributed by atoms with Crippen molar-refractivity contribution in [1.29, 1.82) is 0 Å². The first kappa shape index (κ1) is 12.8. The van der Waals surface area contributed by atoms with Gasteiger partial charge in [0, 0.05) is 24.8 Å². The second-order valence-electron chi connectivity index (χ2n) is 5.24. The summed E-state index contributed by atoms with van der Waals surface area (Å²) in [4.78, 5) is 15.5. The van der Waals surface area contributed by atoms with E-state index in [9.17, 15) is 4.79 Å². The number of primary amides is 1. The average molecular weight is 249 g/mol. The molecule has 5 nitrogen and oxygen atoms in total. The average Bonchev–Trinajstić information content (AvgIpc) is 2.34. The molecular weight excluding hydrogens is 230 g/mol. The van der Waals surface area contributed by atoms with E-state index in [-0.39, 0.29) is 17.6 Å². The first-order valence-corrected chi connectivity index (χ1v) is 6.01. The van der Waals surface area contributed by atoms with Crippen molar-refractivity contribution in [2.45, 2.75) is 32.4 Å². The summed E-state index contributed by atoms with van der Waals surface area (Å²) in [6.45, 7) is 4.27. The van der Waals surface area contributed by atoms with E-state index < -0.39 is 5.91 Å². The van der Waals surface area contributed by atoms with Crippen LogP contribution in [0.2, 0.25) is 0 Å². The molecule has 0 aliphatic heterocycles. The number of hydrogen-bond donors (Lipinski definition) is 2. The van der Waals surface area contributed by atoms with Crippen molar-refractivity contribution in [2.75, 3.05) is 12.4 Å². The van der Waals surface area contributed by atoms with Crippen molar-refractivity contribution in [3.63, 3.8) is 0 Å². The van der Waals surface area contributed by atoms with Gasteiger partial charge in [0.25, 0.3) is 5.91 Å². The summed E-state index contributed by atoms with van der Waals surface area (Å²) in [6.07, 6.45) is 2.78. The lowest BCUT2D eigenvalue weighted by atomic mass is 9.64. The van der Waals surface area contributed by atoms with Gasteiger partial charge in [-0.2, -0.15) is 0 Å². The number of nitrogens with zero attached hydrogens (tertiary/aromatic N) is 1. The molecule has 2 rings (SSSR count). The summed E-state index contributed by atoms with van der Waals surface area (Å²) >= 11 is 0. The van der Waals surface area contributed by atoms with E-state index in [2.05, 4.69) is 24.1 Å².